The van der Waals surface area contributed by atoms with E-state index in [4.69, 9.17) is 0 Å². The van der Waals surface area contributed by atoms with Crippen LogP contribution in [0, 0.1) is 0 Å². The fourth-order valence-electron chi connectivity index (χ4n) is 0.957. The van der Waals surface area contributed by atoms with Crippen molar-refractivity contribution in [2.75, 3.05) is 38.3 Å². The number of hydrogen-bond donors (Lipinski definition) is 2. The SMILES string of the molecule is CCNCC(O)CS(=O)(=O)CCOC. The van der Waals surface area contributed by atoms with Gasteiger partial charge >= 0.3 is 0 Å². The van der Waals surface area contributed by atoms with E-state index in [0.717, 1.165) is 6.54 Å². The first kappa shape index (κ1) is 13.8. The van der Waals surface area contributed by atoms with Crippen molar-refractivity contribution in [3.63, 3.8) is 0 Å². The van der Waals surface area contributed by atoms with Crippen LogP contribution in [0.2, 0.25) is 0 Å². The smallest absolute Gasteiger partial charge is 0.155 e. The van der Waals surface area contributed by atoms with Gasteiger partial charge in [0.15, 0.2) is 9.84 Å². The van der Waals surface area contributed by atoms with E-state index >= 15 is 0 Å². The number of methoxy groups -OCH3 is 1. The molecule has 0 amide bonds. The number of ether oxygens (including phenoxy) is 1. The summed E-state index contributed by atoms with van der Waals surface area (Å²) in [6.45, 7) is 3.10. The number of nitrogens with one attached hydrogen (secondary N) is 1. The van der Waals surface area contributed by atoms with E-state index in [2.05, 4.69) is 10.1 Å². The number of rotatable bonds is 8. The zero-order chi connectivity index (χ0) is 11.0. The molecule has 0 saturated carbocycles. The zero-order valence-corrected chi connectivity index (χ0v) is 9.51. The molecule has 0 aliphatic rings. The van der Waals surface area contributed by atoms with Crippen LogP contribution in [0.4, 0.5) is 0 Å². The first-order chi connectivity index (χ1) is 6.52. The zero-order valence-electron chi connectivity index (χ0n) is 8.69. The highest BCUT2D eigenvalue weighted by molar-refractivity contribution is 7.91. The second-order valence-corrected chi connectivity index (χ2v) is 5.30. The van der Waals surface area contributed by atoms with E-state index in [9.17, 15) is 13.5 Å². The van der Waals surface area contributed by atoms with Crippen LogP contribution in [0.15, 0.2) is 0 Å². The minimum atomic E-state index is -3.19. The minimum Gasteiger partial charge on any atom is -0.391 e. The fourth-order valence-corrected chi connectivity index (χ4v) is 2.25. The maximum absolute atomic E-state index is 11.3. The maximum atomic E-state index is 11.3. The van der Waals surface area contributed by atoms with Gasteiger partial charge in [-0.15, -0.1) is 0 Å². The van der Waals surface area contributed by atoms with E-state index < -0.39 is 15.9 Å². The molecule has 0 aromatic carbocycles. The first-order valence-electron chi connectivity index (χ1n) is 4.60. The molecule has 0 bridgehead atoms. The molecule has 0 heterocycles. The van der Waals surface area contributed by atoms with Crippen molar-refractivity contribution >= 4 is 9.84 Å². The van der Waals surface area contributed by atoms with Gasteiger partial charge in [-0.05, 0) is 6.54 Å². The summed E-state index contributed by atoms with van der Waals surface area (Å²) in [7, 11) is -1.74. The average molecular weight is 225 g/mol. The van der Waals surface area contributed by atoms with Crippen LogP contribution in [-0.4, -0.2) is 57.9 Å². The summed E-state index contributed by atoms with van der Waals surface area (Å²) in [5.74, 6) is -0.240. The average Bonchev–Trinajstić information content (AvgIpc) is 2.11. The maximum Gasteiger partial charge on any atom is 0.155 e. The van der Waals surface area contributed by atoms with Crippen molar-refractivity contribution in [2.24, 2.45) is 0 Å². The second-order valence-electron chi connectivity index (χ2n) is 3.07. The van der Waals surface area contributed by atoms with Crippen LogP contribution >= 0.6 is 0 Å². The van der Waals surface area contributed by atoms with Gasteiger partial charge in [0, 0.05) is 13.7 Å². The van der Waals surface area contributed by atoms with Gasteiger partial charge in [0.1, 0.15) is 0 Å². The number of hydrogen-bond acceptors (Lipinski definition) is 5. The van der Waals surface area contributed by atoms with Crippen molar-refractivity contribution in [2.45, 2.75) is 13.0 Å². The van der Waals surface area contributed by atoms with E-state index in [0.29, 0.717) is 6.54 Å². The molecule has 0 aliphatic heterocycles. The Morgan fingerprint density at radius 1 is 1.50 bits per heavy atom. The lowest BCUT2D eigenvalue weighted by Gasteiger charge is -2.10. The molecule has 1 atom stereocenters. The van der Waals surface area contributed by atoms with Gasteiger partial charge in [-0.3, -0.25) is 0 Å². The Balaban J connectivity index is 3.83. The van der Waals surface area contributed by atoms with E-state index in [1.54, 1.807) is 0 Å². The Morgan fingerprint density at radius 3 is 2.64 bits per heavy atom. The van der Waals surface area contributed by atoms with Crippen LogP contribution in [-0.2, 0) is 14.6 Å². The lowest BCUT2D eigenvalue weighted by atomic mass is 10.4. The fraction of sp³-hybridized carbons (Fsp3) is 1.00. The van der Waals surface area contributed by atoms with E-state index in [-0.39, 0.29) is 18.1 Å². The van der Waals surface area contributed by atoms with Crippen LogP contribution in [0.1, 0.15) is 6.92 Å². The Kier molecular flexibility index (Phi) is 7.08. The summed E-state index contributed by atoms with van der Waals surface area (Å²) in [6.07, 6.45) is -0.836. The van der Waals surface area contributed by atoms with Crippen LogP contribution in [0.3, 0.4) is 0 Å². The molecule has 86 valence electrons. The van der Waals surface area contributed by atoms with Crippen molar-refractivity contribution in [3.8, 4) is 0 Å². The molecule has 0 aromatic rings. The Hall–Kier alpha value is -0.170. The molecule has 0 spiro atoms. The Morgan fingerprint density at radius 2 is 2.14 bits per heavy atom. The highest BCUT2D eigenvalue weighted by Gasteiger charge is 2.16. The summed E-state index contributed by atoms with van der Waals surface area (Å²) in [5.41, 5.74) is 0. The molecule has 14 heavy (non-hydrogen) atoms. The predicted molar refractivity (Wildman–Crippen MR) is 55.1 cm³/mol. The Labute approximate surface area is 85.4 Å². The van der Waals surface area contributed by atoms with Gasteiger partial charge in [-0.2, -0.15) is 0 Å². The monoisotopic (exact) mass is 225 g/mol. The summed E-state index contributed by atoms with van der Waals surface area (Å²) < 4.78 is 27.3. The quantitative estimate of drug-likeness (QED) is 0.555. The molecule has 0 rings (SSSR count). The van der Waals surface area contributed by atoms with Crippen molar-refractivity contribution < 1.29 is 18.3 Å². The van der Waals surface area contributed by atoms with Gasteiger partial charge < -0.3 is 15.2 Å². The van der Waals surface area contributed by atoms with E-state index in [1.807, 2.05) is 6.92 Å². The molecular formula is C8H19NO4S. The number of sulfone groups is 1. The minimum absolute atomic E-state index is 0.0350. The molecule has 0 fully saturated rings. The predicted octanol–water partition coefficient (Wildman–Crippen LogP) is -0.982. The first-order valence-corrected chi connectivity index (χ1v) is 6.42. The molecule has 0 radical (unpaired) electrons. The molecule has 1 unspecified atom stereocenters. The topological polar surface area (TPSA) is 75.6 Å². The third kappa shape index (κ3) is 7.25. The molecule has 6 heteroatoms. The molecular weight excluding hydrogens is 206 g/mol. The summed E-state index contributed by atoms with van der Waals surface area (Å²) in [4.78, 5) is 0. The molecule has 0 aliphatic carbocycles. The summed E-state index contributed by atoms with van der Waals surface area (Å²) in [5, 5.41) is 12.2. The van der Waals surface area contributed by atoms with Crippen molar-refractivity contribution in [3.05, 3.63) is 0 Å². The standard InChI is InChI=1S/C8H19NO4S/c1-3-9-6-8(10)7-14(11,12)5-4-13-2/h8-10H,3-7H2,1-2H3. The molecule has 2 N–H and O–H groups in total. The lowest BCUT2D eigenvalue weighted by molar-refractivity contribution is 0.193. The highest BCUT2D eigenvalue weighted by atomic mass is 32.2. The largest absolute Gasteiger partial charge is 0.391 e. The van der Waals surface area contributed by atoms with Crippen molar-refractivity contribution in [1.82, 2.24) is 5.32 Å². The van der Waals surface area contributed by atoms with Gasteiger partial charge in [-0.1, -0.05) is 6.92 Å². The van der Waals surface area contributed by atoms with Gasteiger partial charge in [0.05, 0.1) is 24.2 Å². The number of aliphatic hydroxyl groups excluding tert-OH is 1. The Bertz CT molecular complexity index is 227. The normalized spacial score (nSPS) is 14.2. The third-order valence-corrected chi connectivity index (χ3v) is 3.36. The highest BCUT2D eigenvalue weighted by Crippen LogP contribution is 1.94. The van der Waals surface area contributed by atoms with Crippen molar-refractivity contribution in [1.29, 1.82) is 0 Å². The van der Waals surface area contributed by atoms with Gasteiger partial charge in [0.25, 0.3) is 0 Å². The number of aliphatic hydroxyl groups is 1. The second kappa shape index (κ2) is 7.17. The number of likely N-dealkylation sites (N-methyl/N-ethyl adjacent to an activating group) is 1. The summed E-state index contributed by atoms with van der Waals surface area (Å²) >= 11 is 0. The van der Waals surface area contributed by atoms with Crippen LogP contribution in [0.25, 0.3) is 0 Å². The molecule has 5 nitrogen and oxygen atoms in total. The molecule has 0 aromatic heterocycles. The lowest BCUT2D eigenvalue weighted by Crippen LogP contribution is -2.33. The van der Waals surface area contributed by atoms with Gasteiger partial charge in [-0.25, -0.2) is 8.42 Å². The molecule has 0 saturated heterocycles. The summed E-state index contributed by atoms with van der Waals surface area (Å²) in [6, 6.07) is 0. The third-order valence-electron chi connectivity index (χ3n) is 1.67. The van der Waals surface area contributed by atoms with Gasteiger partial charge in [0.2, 0.25) is 0 Å². The van der Waals surface area contributed by atoms with E-state index in [1.165, 1.54) is 7.11 Å². The van der Waals surface area contributed by atoms with Crippen LogP contribution < -0.4 is 5.32 Å². The van der Waals surface area contributed by atoms with Crippen LogP contribution in [0.5, 0.6) is 0 Å².